The van der Waals surface area contributed by atoms with E-state index in [1.807, 2.05) is 48.1 Å². The molecule has 3 N–H and O–H groups in total. The number of urea groups is 1. The molecule has 1 aromatic heterocycles. The van der Waals surface area contributed by atoms with Gasteiger partial charge in [-0.15, -0.1) is 0 Å². The van der Waals surface area contributed by atoms with Gasteiger partial charge in [-0.1, -0.05) is 12.1 Å². The number of carbonyl (C=O) groups is 2. The first-order valence-electron chi connectivity index (χ1n) is 8.46. The van der Waals surface area contributed by atoms with Crippen molar-refractivity contribution in [2.75, 3.05) is 11.9 Å². The van der Waals surface area contributed by atoms with Gasteiger partial charge in [-0.25, -0.2) is 4.79 Å². The Morgan fingerprint density at radius 3 is 2.68 bits per heavy atom. The third-order valence-corrected chi connectivity index (χ3v) is 4.65. The molecule has 0 saturated carbocycles. The topological polar surface area (TPSA) is 93.3 Å². The fourth-order valence-corrected chi connectivity index (χ4v) is 3.09. The van der Waals surface area contributed by atoms with E-state index in [4.69, 9.17) is 5.73 Å². The Morgan fingerprint density at radius 2 is 2.04 bits per heavy atom. The maximum absolute atomic E-state index is 12.5. The number of primary amides is 1. The summed E-state index contributed by atoms with van der Waals surface area (Å²) in [5, 5.41) is 7.08. The molecule has 0 bridgehead atoms. The van der Waals surface area contributed by atoms with Crippen LogP contribution in [0.4, 0.5) is 10.5 Å². The normalized spacial score (nSPS) is 20.3. The van der Waals surface area contributed by atoms with E-state index in [2.05, 4.69) is 10.4 Å². The van der Waals surface area contributed by atoms with Crippen LogP contribution in [-0.2, 0) is 11.3 Å². The summed E-state index contributed by atoms with van der Waals surface area (Å²) in [4.78, 5) is 25.6. The molecule has 7 nitrogen and oxygen atoms in total. The highest BCUT2D eigenvalue weighted by atomic mass is 16.2. The Kier molecular flexibility index (Phi) is 5.02. The average Bonchev–Trinajstić information content (AvgIpc) is 3.09. The average molecular weight is 341 g/mol. The molecule has 1 aliphatic rings. The van der Waals surface area contributed by atoms with Gasteiger partial charge >= 0.3 is 6.03 Å². The standard InChI is InChI=1S/C18H23N5O2/c1-13-3-6-15(17(19)24)12-23(13)18(25)21-16-7-4-14(5-8-16)11-22-10-2-9-20-22/h2,4-5,7-10,13,15H,3,6,11-12H2,1H3,(H2,19,24)(H,21,25)/t13-,15-/m1/s1. The van der Waals surface area contributed by atoms with Crippen molar-refractivity contribution in [1.82, 2.24) is 14.7 Å². The van der Waals surface area contributed by atoms with E-state index in [-0.39, 0.29) is 23.9 Å². The molecule has 1 aromatic carbocycles. The summed E-state index contributed by atoms with van der Waals surface area (Å²) >= 11 is 0. The van der Waals surface area contributed by atoms with Crippen LogP contribution in [0, 0.1) is 5.92 Å². The molecule has 3 amide bonds. The molecule has 2 heterocycles. The molecule has 3 rings (SSSR count). The van der Waals surface area contributed by atoms with Crippen molar-refractivity contribution in [2.24, 2.45) is 11.7 Å². The summed E-state index contributed by atoms with van der Waals surface area (Å²) < 4.78 is 1.84. The van der Waals surface area contributed by atoms with Crippen LogP contribution >= 0.6 is 0 Å². The first-order valence-corrected chi connectivity index (χ1v) is 8.46. The highest BCUT2D eigenvalue weighted by Gasteiger charge is 2.31. The maximum Gasteiger partial charge on any atom is 0.322 e. The number of nitrogens with zero attached hydrogens (tertiary/aromatic N) is 3. The zero-order valence-electron chi connectivity index (χ0n) is 14.3. The van der Waals surface area contributed by atoms with Crippen molar-refractivity contribution in [3.05, 3.63) is 48.3 Å². The molecular formula is C18H23N5O2. The molecule has 1 fully saturated rings. The molecule has 0 unspecified atom stereocenters. The van der Waals surface area contributed by atoms with Gasteiger partial charge in [0.1, 0.15) is 0 Å². The lowest BCUT2D eigenvalue weighted by Crippen LogP contribution is -2.50. The molecule has 0 spiro atoms. The second-order valence-electron chi connectivity index (χ2n) is 6.51. The van der Waals surface area contributed by atoms with Crippen LogP contribution < -0.4 is 11.1 Å². The van der Waals surface area contributed by atoms with Crippen LogP contribution in [0.25, 0.3) is 0 Å². The second-order valence-corrected chi connectivity index (χ2v) is 6.51. The zero-order valence-corrected chi connectivity index (χ0v) is 14.3. The molecule has 132 valence electrons. The largest absolute Gasteiger partial charge is 0.369 e. The molecular weight excluding hydrogens is 318 g/mol. The fraction of sp³-hybridized carbons (Fsp3) is 0.389. The minimum atomic E-state index is -0.340. The summed E-state index contributed by atoms with van der Waals surface area (Å²) in [7, 11) is 0. The number of nitrogens with one attached hydrogen (secondary N) is 1. The lowest BCUT2D eigenvalue weighted by atomic mass is 9.93. The minimum absolute atomic E-state index is 0.0923. The van der Waals surface area contributed by atoms with Crippen molar-refractivity contribution in [3.8, 4) is 0 Å². The van der Waals surface area contributed by atoms with Crippen molar-refractivity contribution >= 4 is 17.6 Å². The van der Waals surface area contributed by atoms with Crippen LogP contribution in [0.3, 0.4) is 0 Å². The van der Waals surface area contributed by atoms with E-state index in [9.17, 15) is 9.59 Å². The molecule has 2 aromatic rings. The lowest BCUT2D eigenvalue weighted by molar-refractivity contribution is -0.123. The van der Waals surface area contributed by atoms with Gasteiger partial charge in [0.15, 0.2) is 0 Å². The van der Waals surface area contributed by atoms with Crippen LogP contribution in [-0.4, -0.2) is 39.2 Å². The Hall–Kier alpha value is -2.83. The number of piperidine rings is 1. The number of carbonyl (C=O) groups excluding carboxylic acids is 2. The second kappa shape index (κ2) is 7.38. The lowest BCUT2D eigenvalue weighted by Gasteiger charge is -2.36. The first kappa shape index (κ1) is 17.0. The van der Waals surface area contributed by atoms with Gasteiger partial charge in [0, 0.05) is 30.7 Å². The number of benzene rings is 1. The Labute approximate surface area is 146 Å². The number of amides is 3. The summed E-state index contributed by atoms with van der Waals surface area (Å²) in [5.74, 6) is -0.605. The number of hydrogen-bond acceptors (Lipinski definition) is 3. The molecule has 7 heteroatoms. The maximum atomic E-state index is 12.5. The van der Waals surface area contributed by atoms with Gasteiger partial charge in [0.2, 0.25) is 5.91 Å². The smallest absolute Gasteiger partial charge is 0.322 e. The minimum Gasteiger partial charge on any atom is -0.369 e. The third-order valence-electron chi connectivity index (χ3n) is 4.65. The summed E-state index contributed by atoms with van der Waals surface area (Å²) in [6, 6.07) is 9.45. The molecule has 1 aliphatic heterocycles. The molecule has 0 aliphatic carbocycles. The van der Waals surface area contributed by atoms with Gasteiger partial charge in [-0.3, -0.25) is 9.48 Å². The van der Waals surface area contributed by atoms with Crippen molar-refractivity contribution < 1.29 is 9.59 Å². The predicted octanol–water partition coefficient (Wildman–Crippen LogP) is 2.05. The van der Waals surface area contributed by atoms with E-state index in [1.54, 1.807) is 11.1 Å². The molecule has 2 atom stereocenters. The van der Waals surface area contributed by atoms with E-state index < -0.39 is 0 Å². The van der Waals surface area contributed by atoms with Crippen molar-refractivity contribution in [3.63, 3.8) is 0 Å². The first-order chi connectivity index (χ1) is 12.0. The van der Waals surface area contributed by atoms with E-state index in [0.29, 0.717) is 13.1 Å². The highest BCUT2D eigenvalue weighted by molar-refractivity contribution is 5.90. The van der Waals surface area contributed by atoms with Crippen LogP contribution in [0.5, 0.6) is 0 Å². The number of nitrogens with two attached hydrogens (primary N) is 1. The number of aromatic nitrogens is 2. The van der Waals surface area contributed by atoms with Gasteiger partial charge in [-0.05, 0) is 43.5 Å². The van der Waals surface area contributed by atoms with Gasteiger partial charge in [-0.2, -0.15) is 5.10 Å². The zero-order chi connectivity index (χ0) is 17.8. The Morgan fingerprint density at radius 1 is 1.28 bits per heavy atom. The van der Waals surface area contributed by atoms with E-state index >= 15 is 0 Å². The number of rotatable bonds is 4. The SMILES string of the molecule is C[C@@H]1CC[C@@H](C(N)=O)CN1C(=O)Nc1ccc(Cn2cccn2)cc1. The molecule has 0 radical (unpaired) electrons. The quantitative estimate of drug-likeness (QED) is 0.891. The van der Waals surface area contributed by atoms with E-state index in [0.717, 1.165) is 24.1 Å². The van der Waals surface area contributed by atoms with Crippen LogP contribution in [0.15, 0.2) is 42.7 Å². The summed E-state index contributed by atoms with van der Waals surface area (Å²) in [5.41, 5.74) is 7.22. The van der Waals surface area contributed by atoms with Crippen molar-refractivity contribution in [2.45, 2.75) is 32.4 Å². The summed E-state index contributed by atoms with van der Waals surface area (Å²) in [6.07, 6.45) is 5.17. The van der Waals surface area contributed by atoms with Gasteiger partial charge in [0.05, 0.1) is 12.5 Å². The predicted molar refractivity (Wildman–Crippen MR) is 94.9 cm³/mol. The van der Waals surface area contributed by atoms with Crippen molar-refractivity contribution in [1.29, 1.82) is 0 Å². The number of hydrogen-bond donors (Lipinski definition) is 2. The molecule has 1 saturated heterocycles. The van der Waals surface area contributed by atoms with Gasteiger partial charge in [0.25, 0.3) is 0 Å². The third kappa shape index (κ3) is 4.17. The van der Waals surface area contributed by atoms with Gasteiger partial charge < -0.3 is 16.0 Å². The monoisotopic (exact) mass is 341 g/mol. The summed E-state index contributed by atoms with van der Waals surface area (Å²) in [6.45, 7) is 3.05. The van der Waals surface area contributed by atoms with Crippen LogP contribution in [0.2, 0.25) is 0 Å². The highest BCUT2D eigenvalue weighted by Crippen LogP contribution is 2.22. The Balaban J connectivity index is 1.61. The fourth-order valence-electron chi connectivity index (χ4n) is 3.09. The molecule has 25 heavy (non-hydrogen) atoms. The Bertz CT molecular complexity index is 726. The number of likely N-dealkylation sites (tertiary alicyclic amines) is 1. The van der Waals surface area contributed by atoms with Crippen LogP contribution in [0.1, 0.15) is 25.3 Å². The van der Waals surface area contributed by atoms with E-state index in [1.165, 1.54) is 0 Å². The number of anilines is 1.